The van der Waals surface area contributed by atoms with E-state index in [9.17, 15) is 9.18 Å². The number of aryl methyl sites for hydroxylation is 1. The lowest BCUT2D eigenvalue weighted by Gasteiger charge is -2.24. The zero-order valence-corrected chi connectivity index (χ0v) is 14.7. The lowest BCUT2D eigenvalue weighted by atomic mass is 9.96. The van der Waals surface area contributed by atoms with Gasteiger partial charge in [-0.15, -0.1) is 0 Å². The molecule has 1 N–H and O–H groups in total. The van der Waals surface area contributed by atoms with Crippen molar-refractivity contribution in [1.29, 1.82) is 0 Å². The third-order valence-electron chi connectivity index (χ3n) is 3.85. The Morgan fingerprint density at radius 3 is 2.42 bits per heavy atom. The van der Waals surface area contributed by atoms with Crippen LogP contribution in [0.1, 0.15) is 37.0 Å². The highest BCUT2D eigenvalue weighted by atomic mass is 19.1. The van der Waals surface area contributed by atoms with Gasteiger partial charge in [0.1, 0.15) is 17.3 Å². The van der Waals surface area contributed by atoms with Crippen LogP contribution in [0.15, 0.2) is 40.8 Å². The van der Waals surface area contributed by atoms with E-state index in [0.29, 0.717) is 6.54 Å². The highest BCUT2D eigenvalue weighted by Crippen LogP contribution is 2.22. The van der Waals surface area contributed by atoms with Gasteiger partial charge in [0.15, 0.2) is 0 Å². The Morgan fingerprint density at radius 1 is 1.21 bits per heavy atom. The molecule has 0 saturated heterocycles. The van der Waals surface area contributed by atoms with E-state index in [1.165, 1.54) is 12.1 Å². The Bertz CT molecular complexity index is 664. The van der Waals surface area contributed by atoms with Gasteiger partial charge < -0.3 is 9.73 Å². The molecule has 1 amide bonds. The lowest BCUT2D eigenvalue weighted by Crippen LogP contribution is -2.38. The molecule has 0 spiro atoms. The van der Waals surface area contributed by atoms with Crippen molar-refractivity contribution in [2.75, 3.05) is 13.6 Å². The fourth-order valence-electron chi connectivity index (χ4n) is 2.66. The first-order valence-electron chi connectivity index (χ1n) is 8.14. The van der Waals surface area contributed by atoms with Gasteiger partial charge >= 0.3 is 0 Å². The molecule has 130 valence electrons. The third kappa shape index (κ3) is 5.20. The van der Waals surface area contributed by atoms with Crippen LogP contribution in [-0.2, 0) is 11.3 Å². The monoisotopic (exact) mass is 332 g/mol. The minimum Gasteiger partial charge on any atom is -0.465 e. The topological polar surface area (TPSA) is 45.5 Å². The molecule has 0 saturated carbocycles. The lowest BCUT2D eigenvalue weighted by molar-refractivity contribution is -0.123. The number of amides is 1. The quantitative estimate of drug-likeness (QED) is 0.841. The van der Waals surface area contributed by atoms with Crippen LogP contribution >= 0.6 is 0 Å². The van der Waals surface area contributed by atoms with E-state index in [-0.39, 0.29) is 30.2 Å². The smallest absolute Gasteiger partial charge is 0.234 e. The molecule has 2 rings (SSSR count). The van der Waals surface area contributed by atoms with Gasteiger partial charge in [0, 0.05) is 0 Å². The molecule has 0 fully saturated rings. The Morgan fingerprint density at radius 2 is 1.88 bits per heavy atom. The van der Waals surface area contributed by atoms with E-state index in [4.69, 9.17) is 4.42 Å². The van der Waals surface area contributed by atoms with Gasteiger partial charge in [0.2, 0.25) is 5.91 Å². The minimum absolute atomic E-state index is 0.0659. The summed E-state index contributed by atoms with van der Waals surface area (Å²) in [6.07, 6.45) is 0. The maximum atomic E-state index is 13.1. The fourth-order valence-corrected chi connectivity index (χ4v) is 2.66. The van der Waals surface area contributed by atoms with Crippen molar-refractivity contribution in [2.24, 2.45) is 5.92 Å². The zero-order valence-electron chi connectivity index (χ0n) is 14.7. The molecule has 0 aliphatic heterocycles. The molecule has 5 heteroatoms. The van der Waals surface area contributed by atoms with Gasteiger partial charge in [0.25, 0.3) is 0 Å². The van der Waals surface area contributed by atoms with Crippen LogP contribution in [0, 0.1) is 18.7 Å². The third-order valence-corrected chi connectivity index (χ3v) is 3.85. The summed E-state index contributed by atoms with van der Waals surface area (Å²) in [5, 5.41) is 3.04. The van der Waals surface area contributed by atoms with Gasteiger partial charge in [-0.25, -0.2) is 4.39 Å². The van der Waals surface area contributed by atoms with Crippen molar-refractivity contribution >= 4 is 5.91 Å². The van der Waals surface area contributed by atoms with Crippen molar-refractivity contribution < 1.29 is 13.6 Å². The molecule has 1 aromatic carbocycles. The van der Waals surface area contributed by atoms with E-state index in [1.807, 2.05) is 44.9 Å². The second-order valence-corrected chi connectivity index (χ2v) is 6.53. The molecular formula is C19H25FN2O2. The van der Waals surface area contributed by atoms with E-state index in [2.05, 4.69) is 5.32 Å². The first-order chi connectivity index (χ1) is 11.3. The van der Waals surface area contributed by atoms with Crippen LogP contribution in [0.2, 0.25) is 0 Å². The standard InChI is InChI=1S/C19H25FN2O2/c1-13(2)19(15-6-8-16(20)9-7-15)21-18(23)12-22(4)11-17-10-5-14(3)24-17/h5-10,13,19H,11-12H2,1-4H3,(H,21,23)/t19-/m1/s1. The van der Waals surface area contributed by atoms with Gasteiger partial charge in [-0.05, 0) is 49.7 Å². The van der Waals surface area contributed by atoms with Crippen molar-refractivity contribution in [3.05, 3.63) is 59.3 Å². The van der Waals surface area contributed by atoms with Crippen molar-refractivity contribution in [1.82, 2.24) is 10.2 Å². The highest BCUT2D eigenvalue weighted by molar-refractivity contribution is 5.78. The molecule has 1 heterocycles. The van der Waals surface area contributed by atoms with Crippen molar-refractivity contribution in [2.45, 2.75) is 33.4 Å². The van der Waals surface area contributed by atoms with E-state index in [1.54, 1.807) is 12.1 Å². The highest BCUT2D eigenvalue weighted by Gasteiger charge is 2.19. The number of benzene rings is 1. The molecule has 4 nitrogen and oxygen atoms in total. The van der Waals surface area contributed by atoms with Crippen molar-refractivity contribution in [3.63, 3.8) is 0 Å². The minimum atomic E-state index is -0.277. The number of carbonyl (C=O) groups excluding carboxylic acids is 1. The maximum Gasteiger partial charge on any atom is 0.234 e. The summed E-state index contributed by atoms with van der Waals surface area (Å²) in [5.74, 6) is 1.56. The molecule has 0 aliphatic rings. The van der Waals surface area contributed by atoms with Gasteiger partial charge in [-0.1, -0.05) is 26.0 Å². The normalized spacial score (nSPS) is 12.6. The number of likely N-dealkylation sites (N-methyl/N-ethyl adjacent to an activating group) is 1. The van der Waals surface area contributed by atoms with Crippen LogP contribution in [0.5, 0.6) is 0 Å². The molecule has 1 aromatic heterocycles. The molecule has 1 atom stereocenters. The summed E-state index contributed by atoms with van der Waals surface area (Å²) in [6.45, 7) is 6.80. The largest absolute Gasteiger partial charge is 0.465 e. The van der Waals surface area contributed by atoms with Crippen molar-refractivity contribution in [3.8, 4) is 0 Å². The number of hydrogen-bond donors (Lipinski definition) is 1. The Kier molecular flexibility index (Phi) is 6.15. The molecule has 0 aliphatic carbocycles. The van der Waals surface area contributed by atoms with E-state index >= 15 is 0 Å². The molecule has 2 aromatic rings. The van der Waals surface area contributed by atoms with Crippen LogP contribution in [0.4, 0.5) is 4.39 Å². The van der Waals surface area contributed by atoms with Gasteiger partial charge in [-0.3, -0.25) is 9.69 Å². The van der Waals surface area contributed by atoms with Gasteiger partial charge in [0.05, 0.1) is 19.1 Å². The second-order valence-electron chi connectivity index (χ2n) is 6.53. The summed E-state index contributed by atoms with van der Waals surface area (Å²) < 4.78 is 18.6. The van der Waals surface area contributed by atoms with E-state index < -0.39 is 0 Å². The molecule has 0 unspecified atom stereocenters. The predicted molar refractivity (Wildman–Crippen MR) is 91.9 cm³/mol. The summed E-state index contributed by atoms with van der Waals surface area (Å²) in [6, 6.07) is 9.96. The van der Waals surface area contributed by atoms with Crippen LogP contribution in [-0.4, -0.2) is 24.4 Å². The predicted octanol–water partition coefficient (Wildman–Crippen LogP) is 3.67. The molecule has 0 bridgehead atoms. The SMILES string of the molecule is Cc1ccc(CN(C)CC(=O)N[C@@H](c2ccc(F)cc2)C(C)C)o1. The summed E-state index contributed by atoms with van der Waals surface area (Å²) in [7, 11) is 1.87. The number of carbonyl (C=O) groups is 1. The second kappa shape index (κ2) is 8.11. The summed E-state index contributed by atoms with van der Waals surface area (Å²) in [5.41, 5.74) is 0.907. The van der Waals surface area contributed by atoms with E-state index in [0.717, 1.165) is 17.1 Å². The molecule has 0 radical (unpaired) electrons. The molecular weight excluding hydrogens is 307 g/mol. The number of nitrogens with one attached hydrogen (secondary N) is 1. The van der Waals surface area contributed by atoms with Crippen LogP contribution in [0.3, 0.4) is 0 Å². The first kappa shape index (κ1) is 18.2. The Balaban J connectivity index is 1.94. The fraction of sp³-hybridized carbons (Fsp3) is 0.421. The first-order valence-corrected chi connectivity index (χ1v) is 8.14. The van der Waals surface area contributed by atoms with Gasteiger partial charge in [-0.2, -0.15) is 0 Å². The average molecular weight is 332 g/mol. The number of hydrogen-bond acceptors (Lipinski definition) is 3. The summed E-state index contributed by atoms with van der Waals surface area (Å²) in [4.78, 5) is 14.2. The zero-order chi connectivity index (χ0) is 17.7. The summed E-state index contributed by atoms with van der Waals surface area (Å²) >= 11 is 0. The Hall–Kier alpha value is -2.14. The van der Waals surface area contributed by atoms with Crippen LogP contribution < -0.4 is 5.32 Å². The number of halogens is 1. The number of rotatable bonds is 7. The number of furan rings is 1. The molecule has 24 heavy (non-hydrogen) atoms. The van der Waals surface area contributed by atoms with Crippen LogP contribution in [0.25, 0.3) is 0 Å². The Labute approximate surface area is 142 Å². The average Bonchev–Trinajstić information content (AvgIpc) is 2.90. The number of nitrogens with zero attached hydrogens (tertiary/aromatic N) is 1. The maximum absolute atomic E-state index is 13.1.